The first-order valence-electron chi connectivity index (χ1n) is 9.01. The largest absolute Gasteiger partial charge is 0.497 e. The predicted molar refractivity (Wildman–Crippen MR) is 113 cm³/mol. The quantitative estimate of drug-likeness (QED) is 0.289. The number of thioether (sulfide) groups is 1. The van der Waals surface area contributed by atoms with Gasteiger partial charge in [-0.25, -0.2) is 14.5 Å². The van der Waals surface area contributed by atoms with Gasteiger partial charge in [-0.3, -0.25) is 4.79 Å². The van der Waals surface area contributed by atoms with E-state index in [0.29, 0.717) is 27.5 Å². The third-order valence-electron chi connectivity index (χ3n) is 4.48. The zero-order valence-corrected chi connectivity index (χ0v) is 17.1. The summed E-state index contributed by atoms with van der Waals surface area (Å²) in [6.07, 6.45) is 1.51. The molecule has 0 aliphatic rings. The molecule has 0 unspecified atom stereocenters. The van der Waals surface area contributed by atoms with E-state index < -0.39 is 0 Å². The number of methoxy groups -OCH3 is 2. The molecule has 152 valence electrons. The summed E-state index contributed by atoms with van der Waals surface area (Å²) in [5.74, 6) is 0.931. The van der Waals surface area contributed by atoms with Gasteiger partial charge in [-0.15, -0.1) is 0 Å². The number of ether oxygens (including phenoxy) is 2. The van der Waals surface area contributed by atoms with Gasteiger partial charge in [-0.2, -0.15) is 5.10 Å². The molecule has 0 radical (unpaired) electrons. The molecule has 4 rings (SSSR count). The van der Waals surface area contributed by atoms with Gasteiger partial charge in [0.1, 0.15) is 11.1 Å². The fourth-order valence-corrected chi connectivity index (χ4v) is 3.70. The number of rotatable bonds is 6. The van der Waals surface area contributed by atoms with Crippen LogP contribution in [0.1, 0.15) is 15.9 Å². The Morgan fingerprint density at radius 1 is 1.10 bits per heavy atom. The number of carbonyl (C=O) groups excluding carboxylic acids is 1. The number of benzene rings is 2. The van der Waals surface area contributed by atoms with Gasteiger partial charge in [-0.1, -0.05) is 23.9 Å². The highest BCUT2D eigenvalue weighted by Gasteiger charge is 2.12. The van der Waals surface area contributed by atoms with Gasteiger partial charge in [0, 0.05) is 5.75 Å². The Balaban J connectivity index is 1.59. The van der Waals surface area contributed by atoms with Crippen molar-refractivity contribution in [3.8, 4) is 11.4 Å². The molecule has 0 saturated heterocycles. The first kappa shape index (κ1) is 19.7. The second-order valence-corrected chi connectivity index (χ2v) is 7.30. The van der Waals surface area contributed by atoms with E-state index in [9.17, 15) is 9.59 Å². The van der Waals surface area contributed by atoms with Gasteiger partial charge in [0.05, 0.1) is 31.7 Å². The van der Waals surface area contributed by atoms with Gasteiger partial charge in [-0.05, 0) is 42.0 Å². The van der Waals surface area contributed by atoms with Crippen LogP contribution in [0.4, 0.5) is 0 Å². The zero-order valence-electron chi connectivity index (χ0n) is 16.3. The SMILES string of the molecule is COC(=O)c1ccc(CSc2nc3c(cnn3-c3ccc(OC)cc3)c(=O)[nH]2)cc1. The Kier molecular flexibility index (Phi) is 5.53. The van der Waals surface area contributed by atoms with E-state index in [1.54, 1.807) is 23.9 Å². The molecule has 0 amide bonds. The molecule has 30 heavy (non-hydrogen) atoms. The summed E-state index contributed by atoms with van der Waals surface area (Å²) >= 11 is 1.39. The van der Waals surface area contributed by atoms with Crippen molar-refractivity contribution < 1.29 is 14.3 Å². The van der Waals surface area contributed by atoms with Crippen molar-refractivity contribution in [3.63, 3.8) is 0 Å². The van der Waals surface area contributed by atoms with Crippen LogP contribution in [0.25, 0.3) is 16.7 Å². The zero-order chi connectivity index (χ0) is 21.1. The molecule has 8 nitrogen and oxygen atoms in total. The van der Waals surface area contributed by atoms with E-state index in [1.807, 2.05) is 36.4 Å². The standard InChI is InChI=1S/C21H18N4O4S/c1-28-16-9-7-15(8-10-16)25-18-17(11-22-25)19(26)24-21(23-18)30-12-13-3-5-14(6-4-13)20(27)29-2/h3-11H,12H2,1-2H3,(H,23,24,26). The Morgan fingerprint density at radius 3 is 2.50 bits per heavy atom. The summed E-state index contributed by atoms with van der Waals surface area (Å²) in [7, 11) is 2.95. The van der Waals surface area contributed by atoms with E-state index in [0.717, 1.165) is 17.0 Å². The molecule has 4 aromatic rings. The molecule has 0 spiro atoms. The second kappa shape index (κ2) is 8.42. The molecule has 0 atom stereocenters. The Labute approximate surface area is 175 Å². The van der Waals surface area contributed by atoms with Gasteiger partial charge in [0.2, 0.25) is 0 Å². The Bertz CT molecular complexity index is 1250. The van der Waals surface area contributed by atoms with Crippen LogP contribution in [-0.2, 0) is 10.5 Å². The lowest BCUT2D eigenvalue weighted by Crippen LogP contribution is -2.09. The summed E-state index contributed by atoms with van der Waals surface area (Å²) in [5, 5.41) is 5.22. The third-order valence-corrected chi connectivity index (χ3v) is 5.43. The first-order valence-corrected chi connectivity index (χ1v) is 10.00. The third kappa shape index (κ3) is 3.92. The van der Waals surface area contributed by atoms with Gasteiger partial charge < -0.3 is 14.5 Å². The number of nitrogens with zero attached hydrogens (tertiary/aromatic N) is 3. The number of aromatic amines is 1. The van der Waals surface area contributed by atoms with Crippen LogP contribution < -0.4 is 10.3 Å². The highest BCUT2D eigenvalue weighted by molar-refractivity contribution is 7.98. The van der Waals surface area contributed by atoms with Crippen LogP contribution in [0.15, 0.2) is 64.7 Å². The molecule has 2 aromatic heterocycles. The molecule has 0 bridgehead atoms. The number of hydrogen-bond donors (Lipinski definition) is 1. The van der Waals surface area contributed by atoms with Crippen LogP contribution in [0, 0.1) is 0 Å². The number of nitrogens with one attached hydrogen (secondary N) is 1. The minimum absolute atomic E-state index is 0.247. The molecule has 2 aromatic carbocycles. The van der Waals surface area contributed by atoms with E-state index in [4.69, 9.17) is 9.47 Å². The van der Waals surface area contributed by atoms with Crippen molar-refractivity contribution in [1.82, 2.24) is 19.7 Å². The summed E-state index contributed by atoms with van der Waals surface area (Å²) in [4.78, 5) is 31.4. The Morgan fingerprint density at radius 2 is 1.83 bits per heavy atom. The summed E-state index contributed by atoms with van der Waals surface area (Å²) in [6.45, 7) is 0. The van der Waals surface area contributed by atoms with Crippen molar-refractivity contribution in [1.29, 1.82) is 0 Å². The fourth-order valence-electron chi connectivity index (χ4n) is 2.89. The summed E-state index contributed by atoms with van der Waals surface area (Å²) in [5.41, 5.74) is 2.48. The van der Waals surface area contributed by atoms with Crippen molar-refractivity contribution in [3.05, 3.63) is 76.2 Å². The van der Waals surface area contributed by atoms with Crippen molar-refractivity contribution in [2.24, 2.45) is 0 Å². The van der Waals surface area contributed by atoms with Crippen LogP contribution in [0.3, 0.4) is 0 Å². The van der Waals surface area contributed by atoms with Crippen LogP contribution in [0.2, 0.25) is 0 Å². The fraction of sp³-hybridized carbons (Fsp3) is 0.143. The Hall–Kier alpha value is -3.59. The highest BCUT2D eigenvalue weighted by Crippen LogP contribution is 2.22. The molecule has 0 aliphatic carbocycles. The second-order valence-electron chi connectivity index (χ2n) is 6.34. The van der Waals surface area contributed by atoms with Crippen LogP contribution in [0.5, 0.6) is 5.75 Å². The summed E-state index contributed by atoms with van der Waals surface area (Å²) in [6, 6.07) is 14.5. The average Bonchev–Trinajstić information content (AvgIpc) is 3.22. The van der Waals surface area contributed by atoms with E-state index >= 15 is 0 Å². The molecule has 0 aliphatic heterocycles. The lowest BCUT2D eigenvalue weighted by molar-refractivity contribution is 0.0600. The van der Waals surface area contributed by atoms with Crippen molar-refractivity contribution >= 4 is 28.8 Å². The predicted octanol–water partition coefficient (Wildman–Crippen LogP) is 3.20. The maximum atomic E-state index is 12.5. The van der Waals surface area contributed by atoms with E-state index in [2.05, 4.69) is 15.1 Å². The van der Waals surface area contributed by atoms with E-state index in [-0.39, 0.29) is 11.5 Å². The number of aromatic nitrogens is 4. The lowest BCUT2D eigenvalue weighted by Gasteiger charge is -2.06. The molecule has 0 saturated carbocycles. The molecule has 0 fully saturated rings. The maximum Gasteiger partial charge on any atom is 0.337 e. The molecule has 9 heteroatoms. The highest BCUT2D eigenvalue weighted by atomic mass is 32.2. The molecular weight excluding hydrogens is 404 g/mol. The number of esters is 1. The molecule has 1 N–H and O–H groups in total. The average molecular weight is 422 g/mol. The van der Waals surface area contributed by atoms with Gasteiger partial charge in [0.25, 0.3) is 5.56 Å². The number of fused-ring (bicyclic) bond motifs is 1. The number of H-pyrrole nitrogens is 1. The minimum Gasteiger partial charge on any atom is -0.497 e. The van der Waals surface area contributed by atoms with Crippen molar-refractivity contribution in [2.45, 2.75) is 10.9 Å². The monoisotopic (exact) mass is 422 g/mol. The normalized spacial score (nSPS) is 10.9. The molecular formula is C21H18N4O4S. The maximum absolute atomic E-state index is 12.5. The topological polar surface area (TPSA) is 99.1 Å². The summed E-state index contributed by atoms with van der Waals surface area (Å²) < 4.78 is 11.5. The van der Waals surface area contributed by atoms with Gasteiger partial charge >= 0.3 is 5.97 Å². The van der Waals surface area contributed by atoms with Crippen LogP contribution in [-0.4, -0.2) is 39.9 Å². The van der Waals surface area contributed by atoms with Crippen molar-refractivity contribution in [2.75, 3.05) is 14.2 Å². The van der Waals surface area contributed by atoms with E-state index in [1.165, 1.54) is 25.1 Å². The number of hydrogen-bond acceptors (Lipinski definition) is 7. The molecule has 2 heterocycles. The first-order chi connectivity index (χ1) is 14.6. The smallest absolute Gasteiger partial charge is 0.337 e. The van der Waals surface area contributed by atoms with Crippen LogP contribution >= 0.6 is 11.8 Å². The minimum atomic E-state index is -0.377. The number of carbonyl (C=O) groups is 1. The lowest BCUT2D eigenvalue weighted by atomic mass is 10.1. The van der Waals surface area contributed by atoms with Gasteiger partial charge in [0.15, 0.2) is 10.8 Å².